The predicted octanol–water partition coefficient (Wildman–Crippen LogP) is 4.67. The van der Waals surface area contributed by atoms with Crippen molar-refractivity contribution < 1.29 is 27.1 Å². The van der Waals surface area contributed by atoms with Crippen molar-refractivity contribution >= 4 is 15.8 Å². The van der Waals surface area contributed by atoms with E-state index >= 15 is 0 Å². The number of hydrogen-bond acceptors (Lipinski definition) is 5. The number of carboxylic acid groups (broad SMARTS) is 1. The highest BCUT2D eigenvalue weighted by molar-refractivity contribution is 7.91. The lowest BCUT2D eigenvalue weighted by atomic mass is 9.87. The Hall–Kier alpha value is -2.36. The molecule has 2 heterocycles. The summed E-state index contributed by atoms with van der Waals surface area (Å²) >= 11 is 0. The van der Waals surface area contributed by atoms with Crippen molar-refractivity contribution in [3.63, 3.8) is 0 Å². The van der Waals surface area contributed by atoms with Crippen LogP contribution in [-0.2, 0) is 14.6 Å². The van der Waals surface area contributed by atoms with Crippen LogP contribution in [0.25, 0.3) is 0 Å². The molecule has 0 unspecified atom stereocenters. The summed E-state index contributed by atoms with van der Waals surface area (Å²) < 4.78 is 52.5. The Morgan fingerprint density at radius 3 is 2.32 bits per heavy atom. The Kier molecular flexibility index (Phi) is 8.89. The second-order valence-corrected chi connectivity index (χ2v) is 13.7. The molecule has 2 aliphatic rings. The molecule has 9 heteroatoms. The van der Waals surface area contributed by atoms with Gasteiger partial charge < -0.3 is 14.9 Å². The van der Waals surface area contributed by atoms with Crippen LogP contribution >= 0.6 is 0 Å². The molecule has 0 aliphatic carbocycles. The third-order valence-electron chi connectivity index (χ3n) is 8.16. The van der Waals surface area contributed by atoms with Crippen molar-refractivity contribution in [1.82, 2.24) is 9.80 Å². The zero-order valence-electron chi connectivity index (χ0n) is 22.2. The number of sulfone groups is 1. The quantitative estimate of drug-likeness (QED) is 0.435. The van der Waals surface area contributed by atoms with E-state index in [0.717, 1.165) is 44.6 Å². The fourth-order valence-corrected chi connectivity index (χ4v) is 7.32. The summed E-state index contributed by atoms with van der Waals surface area (Å²) in [5.74, 6) is -0.801. The molecule has 0 radical (unpaired) electrons. The molecular weight excluding hydrogens is 510 g/mol. The fraction of sp³-hybridized carbons (Fsp3) is 0.552. The molecule has 2 atom stereocenters. The van der Waals surface area contributed by atoms with Crippen LogP contribution in [-0.4, -0.2) is 74.3 Å². The van der Waals surface area contributed by atoms with Gasteiger partial charge in [0.15, 0.2) is 9.84 Å². The maximum Gasteiger partial charge on any atom is 0.310 e. The molecule has 38 heavy (non-hydrogen) atoms. The lowest BCUT2D eigenvalue weighted by molar-refractivity contribution is -0.147. The highest BCUT2D eigenvalue weighted by atomic mass is 32.2. The number of hydrogen-bond donors (Lipinski definition) is 1. The van der Waals surface area contributed by atoms with Gasteiger partial charge in [-0.2, -0.15) is 0 Å². The normalized spacial score (nSPS) is 22.1. The number of aliphatic carboxylic acids is 1. The first kappa shape index (κ1) is 28.6. The minimum absolute atomic E-state index is 0.0574. The Balaban J connectivity index is 1.34. The van der Waals surface area contributed by atoms with Crippen molar-refractivity contribution in [2.75, 3.05) is 45.0 Å². The molecule has 2 saturated heterocycles. The van der Waals surface area contributed by atoms with Crippen LogP contribution in [0.4, 0.5) is 8.78 Å². The second-order valence-electron chi connectivity index (χ2n) is 11.6. The van der Waals surface area contributed by atoms with Crippen molar-refractivity contribution in [2.45, 2.75) is 43.9 Å². The maximum absolute atomic E-state index is 14.0. The lowest BCUT2D eigenvalue weighted by Crippen LogP contribution is -2.40. The van der Waals surface area contributed by atoms with Gasteiger partial charge in [0.25, 0.3) is 0 Å². The molecule has 6 nitrogen and oxygen atoms in total. The van der Waals surface area contributed by atoms with Crippen LogP contribution in [0.5, 0.6) is 0 Å². The van der Waals surface area contributed by atoms with E-state index < -0.39 is 27.0 Å². The summed E-state index contributed by atoms with van der Waals surface area (Å²) in [7, 11) is -3.44. The van der Waals surface area contributed by atoms with Gasteiger partial charge in [-0.05, 0) is 100.0 Å². The first-order valence-electron chi connectivity index (χ1n) is 13.3. The number of halogens is 2. The van der Waals surface area contributed by atoms with E-state index in [4.69, 9.17) is 0 Å². The lowest BCUT2D eigenvalue weighted by Gasteiger charge is -2.35. The Bertz CT molecular complexity index is 1210. The van der Waals surface area contributed by atoms with E-state index in [0.29, 0.717) is 25.4 Å². The molecule has 2 fully saturated rings. The molecule has 4 rings (SSSR count). The summed E-state index contributed by atoms with van der Waals surface area (Å²) in [5.41, 5.74) is 0.0834. The standard InChI is InChI=1S/C29H38F2N2O4S/c1-29(2,28(34)35)20-33-18-23(27(19-33)22-4-3-5-25(31)16-22)17-32-13-10-21(11-14-32)12-15-38(36,37)26-8-6-24(30)7-9-26/h3-9,16,21,23,27H,10-15,17-20H2,1-2H3,(H,34,35)/t23-,27+/m0/s1. The SMILES string of the molecule is CC(C)(CN1C[C@H](CN2CCC(CCS(=O)(=O)c3ccc(F)cc3)CC2)[C@@H](c2cccc(F)c2)C1)C(=O)O. The van der Waals surface area contributed by atoms with Gasteiger partial charge in [0, 0.05) is 32.1 Å². The fourth-order valence-electron chi connectivity index (χ4n) is 5.89. The summed E-state index contributed by atoms with van der Waals surface area (Å²) in [6.45, 7) is 7.95. The van der Waals surface area contributed by atoms with Gasteiger partial charge in [0.1, 0.15) is 11.6 Å². The van der Waals surface area contributed by atoms with E-state index in [9.17, 15) is 27.1 Å². The highest BCUT2D eigenvalue weighted by Crippen LogP contribution is 2.36. The second kappa shape index (κ2) is 11.8. The predicted molar refractivity (Wildman–Crippen MR) is 143 cm³/mol. The number of likely N-dealkylation sites (tertiary alicyclic amines) is 2. The van der Waals surface area contributed by atoms with Gasteiger partial charge in [-0.1, -0.05) is 12.1 Å². The van der Waals surface area contributed by atoms with Gasteiger partial charge >= 0.3 is 5.97 Å². The molecular formula is C29H38F2N2O4S. The van der Waals surface area contributed by atoms with Gasteiger partial charge in [-0.15, -0.1) is 0 Å². The average Bonchev–Trinajstić information content (AvgIpc) is 3.25. The average molecular weight is 549 g/mol. The number of carbonyl (C=O) groups is 1. The van der Waals surface area contributed by atoms with Crippen molar-refractivity contribution in [2.24, 2.45) is 17.3 Å². The molecule has 2 aliphatic heterocycles. The summed E-state index contributed by atoms with van der Waals surface area (Å²) in [6, 6.07) is 11.7. The minimum Gasteiger partial charge on any atom is -0.481 e. The molecule has 2 aromatic carbocycles. The van der Waals surface area contributed by atoms with Crippen molar-refractivity contribution in [3.8, 4) is 0 Å². The summed E-state index contributed by atoms with van der Waals surface area (Å²) in [6.07, 6.45) is 2.40. The molecule has 0 spiro atoms. The monoisotopic (exact) mass is 548 g/mol. The smallest absolute Gasteiger partial charge is 0.310 e. The number of rotatable bonds is 10. The zero-order chi connectivity index (χ0) is 27.5. The van der Waals surface area contributed by atoms with Gasteiger partial charge in [-0.25, -0.2) is 17.2 Å². The van der Waals surface area contributed by atoms with E-state index in [1.165, 1.54) is 30.3 Å². The first-order chi connectivity index (χ1) is 17.9. The number of piperidine rings is 1. The molecule has 0 aromatic heterocycles. The van der Waals surface area contributed by atoms with Crippen LogP contribution in [0.2, 0.25) is 0 Å². The molecule has 0 bridgehead atoms. The molecule has 0 saturated carbocycles. The van der Waals surface area contributed by atoms with Gasteiger partial charge in [0.05, 0.1) is 16.1 Å². The largest absolute Gasteiger partial charge is 0.481 e. The van der Waals surface area contributed by atoms with E-state index in [2.05, 4.69) is 9.80 Å². The van der Waals surface area contributed by atoms with Crippen LogP contribution in [0.3, 0.4) is 0 Å². The van der Waals surface area contributed by atoms with E-state index in [1.54, 1.807) is 26.0 Å². The van der Waals surface area contributed by atoms with Crippen LogP contribution in [0.1, 0.15) is 44.6 Å². The topological polar surface area (TPSA) is 77.9 Å². The Morgan fingerprint density at radius 2 is 1.68 bits per heavy atom. The number of benzene rings is 2. The van der Waals surface area contributed by atoms with E-state index in [-0.39, 0.29) is 28.3 Å². The molecule has 208 valence electrons. The van der Waals surface area contributed by atoms with Gasteiger partial charge in [-0.3, -0.25) is 4.79 Å². The zero-order valence-corrected chi connectivity index (χ0v) is 23.0. The van der Waals surface area contributed by atoms with E-state index in [1.807, 2.05) is 6.07 Å². The molecule has 1 N–H and O–H groups in total. The van der Waals surface area contributed by atoms with Crippen LogP contribution < -0.4 is 0 Å². The first-order valence-corrected chi connectivity index (χ1v) is 15.0. The van der Waals surface area contributed by atoms with Crippen molar-refractivity contribution in [3.05, 3.63) is 65.7 Å². The number of carboxylic acids is 1. The van der Waals surface area contributed by atoms with Crippen LogP contribution in [0, 0.1) is 28.9 Å². The minimum atomic E-state index is -3.44. The van der Waals surface area contributed by atoms with Crippen molar-refractivity contribution in [1.29, 1.82) is 0 Å². The third kappa shape index (κ3) is 7.18. The maximum atomic E-state index is 14.0. The molecule has 2 aromatic rings. The van der Waals surface area contributed by atoms with Crippen LogP contribution in [0.15, 0.2) is 53.4 Å². The Labute approximate surface area is 224 Å². The molecule has 0 amide bonds. The third-order valence-corrected chi connectivity index (χ3v) is 9.92. The summed E-state index contributed by atoms with van der Waals surface area (Å²) in [5, 5.41) is 9.61. The van der Waals surface area contributed by atoms with Gasteiger partial charge in [0.2, 0.25) is 0 Å². The number of nitrogens with zero attached hydrogens (tertiary/aromatic N) is 2. The summed E-state index contributed by atoms with van der Waals surface area (Å²) in [4.78, 5) is 16.5. The Morgan fingerprint density at radius 1 is 1.00 bits per heavy atom. The highest BCUT2D eigenvalue weighted by Gasteiger charge is 2.39.